The molecule has 0 saturated carbocycles. The zero-order valence-corrected chi connectivity index (χ0v) is 18.3. The summed E-state index contributed by atoms with van der Waals surface area (Å²) >= 11 is 0. The molecule has 0 spiro atoms. The van der Waals surface area contributed by atoms with Gasteiger partial charge in [-0.3, -0.25) is 4.57 Å². The van der Waals surface area contributed by atoms with Gasteiger partial charge >= 0.3 is 0 Å². The van der Waals surface area contributed by atoms with E-state index in [2.05, 4.69) is 114 Å². The van der Waals surface area contributed by atoms with Gasteiger partial charge in [0.05, 0.1) is 5.69 Å². The predicted molar refractivity (Wildman–Crippen MR) is 132 cm³/mol. The highest BCUT2D eigenvalue weighted by atomic mass is 15.3. The molecule has 0 aliphatic rings. The van der Waals surface area contributed by atoms with Crippen LogP contribution in [0.15, 0.2) is 109 Å². The molecule has 0 saturated heterocycles. The zero-order chi connectivity index (χ0) is 21.9. The molecule has 0 bridgehead atoms. The lowest BCUT2D eigenvalue weighted by Crippen LogP contribution is -2.06. The fourth-order valence-corrected chi connectivity index (χ4v) is 4.18. The molecule has 0 radical (unpaired) electrons. The smallest absolute Gasteiger partial charge is 0.168 e. The summed E-state index contributed by atoms with van der Waals surface area (Å²) in [6, 6.07) is 36.0. The Morgan fingerprint density at radius 2 is 1.19 bits per heavy atom. The third kappa shape index (κ3) is 3.74. The molecule has 0 aliphatic heterocycles. The van der Waals surface area contributed by atoms with Crippen LogP contribution in [0.5, 0.6) is 0 Å². The average Bonchev–Trinajstić information content (AvgIpc) is 3.34. The highest BCUT2D eigenvalue weighted by molar-refractivity contribution is 5.83. The molecule has 5 aromatic rings. The first-order valence-electron chi connectivity index (χ1n) is 11.0. The zero-order valence-electron chi connectivity index (χ0n) is 18.3. The fraction of sp³-hybridized carbons (Fsp3) is 0.103. The molecule has 1 aromatic heterocycles. The summed E-state index contributed by atoms with van der Waals surface area (Å²) in [5.41, 5.74) is 8.22. The van der Waals surface area contributed by atoms with Gasteiger partial charge in [-0.25, -0.2) is 0 Å². The van der Waals surface area contributed by atoms with Crippen LogP contribution >= 0.6 is 0 Å². The van der Waals surface area contributed by atoms with E-state index >= 15 is 0 Å². The maximum absolute atomic E-state index is 4.49. The van der Waals surface area contributed by atoms with Crippen LogP contribution in [0.3, 0.4) is 0 Å². The van der Waals surface area contributed by atoms with Crippen LogP contribution in [0.25, 0.3) is 39.3 Å². The van der Waals surface area contributed by atoms with Crippen LogP contribution in [0, 0.1) is 0 Å². The first kappa shape index (κ1) is 20.0. The SMILES string of the molecule is CC(C)c1cc(-c2ccccc2)cc(-c2ccccc2)c1-n1cnnc1-c1ccccc1. The van der Waals surface area contributed by atoms with Gasteiger partial charge in [0.25, 0.3) is 0 Å². The maximum Gasteiger partial charge on any atom is 0.168 e. The largest absolute Gasteiger partial charge is 0.281 e. The fourth-order valence-electron chi connectivity index (χ4n) is 4.18. The number of nitrogens with zero attached hydrogens (tertiary/aromatic N) is 3. The van der Waals surface area contributed by atoms with Crippen molar-refractivity contribution in [2.75, 3.05) is 0 Å². The summed E-state index contributed by atoms with van der Waals surface area (Å²) in [5, 5.41) is 8.80. The Hall–Kier alpha value is -3.98. The third-order valence-corrected chi connectivity index (χ3v) is 5.77. The van der Waals surface area contributed by atoms with Gasteiger partial charge in [0.2, 0.25) is 0 Å². The van der Waals surface area contributed by atoms with E-state index in [9.17, 15) is 0 Å². The lowest BCUT2D eigenvalue weighted by molar-refractivity contribution is 0.848. The van der Waals surface area contributed by atoms with Crippen molar-refractivity contribution in [3.8, 4) is 39.3 Å². The lowest BCUT2D eigenvalue weighted by Gasteiger charge is -2.21. The summed E-state index contributed by atoms with van der Waals surface area (Å²) in [4.78, 5) is 0. The van der Waals surface area contributed by atoms with Crippen LogP contribution in [0.1, 0.15) is 25.3 Å². The summed E-state index contributed by atoms with van der Waals surface area (Å²) in [7, 11) is 0. The minimum atomic E-state index is 0.321. The van der Waals surface area contributed by atoms with Gasteiger partial charge in [0, 0.05) is 11.1 Å². The molecule has 32 heavy (non-hydrogen) atoms. The number of rotatable bonds is 5. The van der Waals surface area contributed by atoms with Gasteiger partial charge in [0.15, 0.2) is 5.82 Å². The lowest BCUT2D eigenvalue weighted by atomic mass is 9.89. The van der Waals surface area contributed by atoms with E-state index < -0.39 is 0 Å². The second-order valence-electron chi connectivity index (χ2n) is 8.24. The molecule has 3 heteroatoms. The number of hydrogen-bond acceptors (Lipinski definition) is 2. The summed E-state index contributed by atoms with van der Waals surface area (Å²) in [5.74, 6) is 1.17. The summed E-state index contributed by atoms with van der Waals surface area (Å²) < 4.78 is 2.14. The molecule has 156 valence electrons. The number of benzene rings is 4. The molecule has 0 N–H and O–H groups in total. The van der Waals surface area contributed by atoms with Crippen molar-refractivity contribution >= 4 is 0 Å². The van der Waals surface area contributed by atoms with Gasteiger partial charge in [-0.05, 0) is 40.3 Å². The molecule has 5 rings (SSSR count). The topological polar surface area (TPSA) is 30.7 Å². The Morgan fingerprint density at radius 3 is 1.78 bits per heavy atom. The average molecular weight is 416 g/mol. The van der Waals surface area contributed by atoms with E-state index in [1.165, 1.54) is 27.8 Å². The van der Waals surface area contributed by atoms with Gasteiger partial charge < -0.3 is 0 Å². The molecular weight excluding hydrogens is 390 g/mol. The van der Waals surface area contributed by atoms with Crippen molar-refractivity contribution in [1.82, 2.24) is 14.8 Å². The summed E-state index contributed by atoms with van der Waals surface area (Å²) in [6.45, 7) is 4.49. The maximum atomic E-state index is 4.49. The number of aromatic nitrogens is 3. The van der Waals surface area contributed by atoms with Gasteiger partial charge in [0.1, 0.15) is 6.33 Å². The predicted octanol–water partition coefficient (Wildman–Crippen LogP) is 7.39. The van der Waals surface area contributed by atoms with Gasteiger partial charge in [-0.15, -0.1) is 10.2 Å². The Morgan fingerprint density at radius 1 is 0.625 bits per heavy atom. The minimum Gasteiger partial charge on any atom is -0.281 e. The molecular formula is C29H25N3. The second kappa shape index (κ2) is 8.64. The van der Waals surface area contributed by atoms with E-state index in [0.29, 0.717) is 5.92 Å². The van der Waals surface area contributed by atoms with Crippen LogP contribution < -0.4 is 0 Å². The summed E-state index contributed by atoms with van der Waals surface area (Å²) in [6.07, 6.45) is 1.83. The standard InChI is InChI=1S/C29H25N3/c1-21(2)26-18-25(22-12-6-3-7-13-22)19-27(23-14-8-4-9-15-23)28(26)32-20-30-31-29(32)24-16-10-5-11-17-24/h3-21H,1-2H3. The first-order chi connectivity index (χ1) is 15.7. The van der Waals surface area contributed by atoms with E-state index in [1.54, 1.807) is 0 Å². The van der Waals surface area contributed by atoms with Crippen molar-refractivity contribution < 1.29 is 0 Å². The van der Waals surface area contributed by atoms with E-state index in [-0.39, 0.29) is 0 Å². The Kier molecular flexibility index (Phi) is 5.39. The monoisotopic (exact) mass is 415 g/mol. The molecule has 0 unspecified atom stereocenters. The van der Waals surface area contributed by atoms with Crippen LogP contribution in [-0.4, -0.2) is 14.8 Å². The number of hydrogen-bond donors (Lipinski definition) is 0. The van der Waals surface area contributed by atoms with Crippen molar-refractivity contribution in [1.29, 1.82) is 0 Å². The Bertz CT molecular complexity index is 1320. The quantitative estimate of drug-likeness (QED) is 0.299. The Labute approximate surface area is 189 Å². The second-order valence-corrected chi connectivity index (χ2v) is 8.24. The van der Waals surface area contributed by atoms with Crippen LogP contribution in [-0.2, 0) is 0 Å². The molecule has 0 aliphatic carbocycles. The van der Waals surface area contributed by atoms with Gasteiger partial charge in [-0.2, -0.15) is 0 Å². The molecule has 0 amide bonds. The van der Waals surface area contributed by atoms with Crippen molar-refractivity contribution in [3.63, 3.8) is 0 Å². The normalized spacial score (nSPS) is 11.1. The molecule has 1 heterocycles. The first-order valence-corrected chi connectivity index (χ1v) is 11.0. The van der Waals surface area contributed by atoms with E-state index in [1.807, 2.05) is 24.5 Å². The molecule has 0 atom stereocenters. The molecule has 0 fully saturated rings. The Balaban J connectivity index is 1.82. The van der Waals surface area contributed by atoms with Crippen LogP contribution in [0.4, 0.5) is 0 Å². The van der Waals surface area contributed by atoms with E-state index in [4.69, 9.17) is 0 Å². The minimum absolute atomic E-state index is 0.321. The molecule has 3 nitrogen and oxygen atoms in total. The van der Waals surface area contributed by atoms with Crippen LogP contribution in [0.2, 0.25) is 0 Å². The highest BCUT2D eigenvalue weighted by Gasteiger charge is 2.20. The van der Waals surface area contributed by atoms with Crippen molar-refractivity contribution in [2.45, 2.75) is 19.8 Å². The van der Waals surface area contributed by atoms with Crippen molar-refractivity contribution in [3.05, 3.63) is 115 Å². The third-order valence-electron chi connectivity index (χ3n) is 5.77. The van der Waals surface area contributed by atoms with Crippen molar-refractivity contribution in [2.24, 2.45) is 0 Å². The van der Waals surface area contributed by atoms with E-state index in [0.717, 1.165) is 17.1 Å². The van der Waals surface area contributed by atoms with Gasteiger partial charge in [-0.1, -0.05) is 105 Å². The highest BCUT2D eigenvalue weighted by Crippen LogP contribution is 2.39. The molecule has 4 aromatic carbocycles.